The fourth-order valence-electron chi connectivity index (χ4n) is 1.65. The molecule has 106 valence electrons. The number of ether oxygens (including phenoxy) is 1. The third kappa shape index (κ3) is 3.74. The van der Waals surface area contributed by atoms with Gasteiger partial charge in [-0.3, -0.25) is 10.4 Å². The summed E-state index contributed by atoms with van der Waals surface area (Å²) in [6.07, 6.45) is 2.93. The maximum atomic E-state index is 11.7. The summed E-state index contributed by atoms with van der Waals surface area (Å²) in [7, 11) is 0. The molecule has 2 rings (SSSR count). The maximum Gasteiger partial charge on any atom is 0.412 e. The molecule has 0 saturated carbocycles. The van der Waals surface area contributed by atoms with Crippen molar-refractivity contribution in [1.82, 2.24) is 10.2 Å². The minimum Gasteiger partial charge on any atom is -0.444 e. The molecule has 1 heterocycles. The molecule has 0 unspecified atom stereocenters. The monoisotopic (exact) mass is 293 g/mol. The summed E-state index contributed by atoms with van der Waals surface area (Å²) in [6, 6.07) is 5.26. The zero-order valence-corrected chi connectivity index (χ0v) is 12.3. The molecule has 20 heavy (non-hydrogen) atoms. The Labute approximate surface area is 122 Å². The highest BCUT2D eigenvalue weighted by Crippen LogP contribution is 2.29. The van der Waals surface area contributed by atoms with E-state index in [1.807, 2.05) is 26.8 Å². The van der Waals surface area contributed by atoms with Crippen LogP contribution in [0.5, 0.6) is 0 Å². The lowest BCUT2D eigenvalue weighted by atomic mass is 10.1. The fourth-order valence-corrected chi connectivity index (χ4v) is 1.94. The lowest BCUT2D eigenvalue weighted by Crippen LogP contribution is -2.27. The number of carbonyl (C=O) groups excluding carboxylic acids is 1. The largest absolute Gasteiger partial charge is 0.444 e. The van der Waals surface area contributed by atoms with Crippen molar-refractivity contribution in [2.24, 2.45) is 0 Å². The van der Waals surface area contributed by atoms with Gasteiger partial charge in [0, 0.05) is 23.0 Å². The number of benzene rings is 1. The number of amides is 1. The zero-order valence-electron chi connectivity index (χ0n) is 11.5. The van der Waals surface area contributed by atoms with Crippen molar-refractivity contribution in [2.75, 3.05) is 5.32 Å². The molecule has 6 heteroatoms. The first-order chi connectivity index (χ1) is 9.35. The van der Waals surface area contributed by atoms with Gasteiger partial charge in [0.1, 0.15) is 5.60 Å². The van der Waals surface area contributed by atoms with Gasteiger partial charge in [0.05, 0.1) is 11.2 Å². The van der Waals surface area contributed by atoms with Crippen LogP contribution >= 0.6 is 11.6 Å². The molecule has 1 aromatic carbocycles. The Hall–Kier alpha value is -2.01. The Balaban J connectivity index is 2.12. The Morgan fingerprint density at radius 1 is 1.40 bits per heavy atom. The number of anilines is 1. The predicted molar refractivity (Wildman–Crippen MR) is 78.9 cm³/mol. The molecule has 0 bridgehead atoms. The maximum absolute atomic E-state index is 11.7. The van der Waals surface area contributed by atoms with E-state index in [9.17, 15) is 4.79 Å². The highest BCUT2D eigenvalue weighted by molar-refractivity contribution is 6.33. The average Bonchev–Trinajstić information content (AvgIpc) is 2.79. The molecule has 1 amide bonds. The van der Waals surface area contributed by atoms with Crippen LogP contribution < -0.4 is 5.32 Å². The second-order valence-corrected chi connectivity index (χ2v) is 5.72. The van der Waals surface area contributed by atoms with Crippen molar-refractivity contribution in [3.8, 4) is 11.1 Å². The van der Waals surface area contributed by atoms with E-state index in [1.165, 1.54) is 0 Å². The molecule has 0 aliphatic heterocycles. The molecule has 2 N–H and O–H groups in total. The van der Waals surface area contributed by atoms with Crippen LogP contribution in [-0.4, -0.2) is 21.9 Å². The van der Waals surface area contributed by atoms with Crippen molar-refractivity contribution >= 4 is 23.4 Å². The lowest BCUT2D eigenvalue weighted by molar-refractivity contribution is 0.0636. The van der Waals surface area contributed by atoms with Gasteiger partial charge in [-0.05, 0) is 32.9 Å². The van der Waals surface area contributed by atoms with E-state index in [4.69, 9.17) is 16.3 Å². The third-order valence-electron chi connectivity index (χ3n) is 2.42. The Bertz CT molecular complexity index is 603. The van der Waals surface area contributed by atoms with Gasteiger partial charge in [0.2, 0.25) is 0 Å². The highest BCUT2D eigenvalue weighted by Gasteiger charge is 2.16. The summed E-state index contributed by atoms with van der Waals surface area (Å²) in [6.45, 7) is 5.42. The van der Waals surface area contributed by atoms with Gasteiger partial charge < -0.3 is 4.74 Å². The van der Waals surface area contributed by atoms with Gasteiger partial charge in [-0.1, -0.05) is 17.7 Å². The normalized spacial score (nSPS) is 11.2. The van der Waals surface area contributed by atoms with Gasteiger partial charge in [-0.15, -0.1) is 0 Å². The topological polar surface area (TPSA) is 67.0 Å². The summed E-state index contributed by atoms with van der Waals surface area (Å²) < 4.78 is 5.18. The molecular weight excluding hydrogens is 278 g/mol. The van der Waals surface area contributed by atoms with Crippen LogP contribution in [0.4, 0.5) is 10.5 Å². The molecule has 0 spiro atoms. The average molecular weight is 294 g/mol. The van der Waals surface area contributed by atoms with Gasteiger partial charge in [-0.25, -0.2) is 4.79 Å². The Kier molecular flexibility index (Phi) is 3.99. The Morgan fingerprint density at radius 3 is 2.70 bits per heavy atom. The van der Waals surface area contributed by atoms with E-state index < -0.39 is 11.7 Å². The number of hydrogen-bond donors (Lipinski definition) is 2. The molecule has 0 radical (unpaired) electrons. The fraction of sp³-hybridized carbons (Fsp3) is 0.286. The number of aromatic nitrogens is 2. The number of H-pyrrole nitrogens is 1. The van der Waals surface area contributed by atoms with Crippen molar-refractivity contribution in [2.45, 2.75) is 26.4 Å². The number of aromatic amines is 1. The van der Waals surface area contributed by atoms with E-state index in [1.54, 1.807) is 24.5 Å². The van der Waals surface area contributed by atoms with Crippen LogP contribution in [0.15, 0.2) is 30.6 Å². The first-order valence-corrected chi connectivity index (χ1v) is 6.52. The van der Waals surface area contributed by atoms with E-state index in [2.05, 4.69) is 15.5 Å². The number of halogens is 1. The summed E-state index contributed by atoms with van der Waals surface area (Å²) in [5.41, 5.74) is 1.77. The second-order valence-electron chi connectivity index (χ2n) is 5.31. The summed E-state index contributed by atoms with van der Waals surface area (Å²) in [4.78, 5) is 11.7. The summed E-state index contributed by atoms with van der Waals surface area (Å²) in [5.74, 6) is 0. The lowest BCUT2D eigenvalue weighted by Gasteiger charge is -2.19. The smallest absolute Gasteiger partial charge is 0.412 e. The van der Waals surface area contributed by atoms with E-state index in [-0.39, 0.29) is 0 Å². The second kappa shape index (κ2) is 5.54. The van der Waals surface area contributed by atoms with Crippen LogP contribution in [0.25, 0.3) is 11.1 Å². The molecule has 0 fully saturated rings. The van der Waals surface area contributed by atoms with Crippen molar-refractivity contribution in [3.63, 3.8) is 0 Å². The number of nitrogens with zero attached hydrogens (tertiary/aromatic N) is 1. The predicted octanol–water partition coefficient (Wildman–Crippen LogP) is 4.08. The number of nitrogens with one attached hydrogen (secondary N) is 2. The molecular formula is C14H16ClN3O2. The minimum atomic E-state index is -0.537. The van der Waals surface area contributed by atoms with Crippen LogP contribution in [0.3, 0.4) is 0 Å². The van der Waals surface area contributed by atoms with Crippen molar-refractivity contribution < 1.29 is 9.53 Å². The molecule has 5 nitrogen and oxygen atoms in total. The third-order valence-corrected chi connectivity index (χ3v) is 2.74. The number of hydrogen-bond acceptors (Lipinski definition) is 3. The van der Waals surface area contributed by atoms with E-state index >= 15 is 0 Å². The van der Waals surface area contributed by atoms with Crippen molar-refractivity contribution in [3.05, 3.63) is 35.6 Å². The van der Waals surface area contributed by atoms with Crippen LogP contribution in [0.2, 0.25) is 5.02 Å². The first-order valence-electron chi connectivity index (χ1n) is 6.14. The van der Waals surface area contributed by atoms with Gasteiger partial charge >= 0.3 is 6.09 Å². The van der Waals surface area contributed by atoms with E-state index in [0.29, 0.717) is 10.7 Å². The molecule has 0 aliphatic carbocycles. The quantitative estimate of drug-likeness (QED) is 0.877. The standard InChI is InChI=1S/C14H16ClN3O2/c1-14(2,3)20-13(19)18-10-4-5-11(12(15)6-10)9-7-16-17-8-9/h4-8H,1-3H3,(H,16,17)(H,18,19). The van der Waals surface area contributed by atoms with Gasteiger partial charge in [0.15, 0.2) is 0 Å². The molecule has 2 aromatic rings. The SMILES string of the molecule is CC(C)(C)OC(=O)Nc1ccc(-c2cn[nH]c2)c(Cl)c1. The highest BCUT2D eigenvalue weighted by atomic mass is 35.5. The van der Waals surface area contributed by atoms with Gasteiger partial charge in [-0.2, -0.15) is 5.10 Å². The van der Waals surface area contributed by atoms with Gasteiger partial charge in [0.25, 0.3) is 0 Å². The first kappa shape index (κ1) is 14.4. The summed E-state index contributed by atoms with van der Waals surface area (Å²) >= 11 is 6.20. The Morgan fingerprint density at radius 2 is 2.15 bits per heavy atom. The molecule has 0 saturated heterocycles. The zero-order chi connectivity index (χ0) is 14.8. The minimum absolute atomic E-state index is 0.510. The molecule has 1 aromatic heterocycles. The summed E-state index contributed by atoms with van der Waals surface area (Å²) in [5, 5.41) is 9.78. The van der Waals surface area contributed by atoms with Crippen LogP contribution in [-0.2, 0) is 4.74 Å². The molecule has 0 atom stereocenters. The van der Waals surface area contributed by atoms with Crippen LogP contribution in [0.1, 0.15) is 20.8 Å². The molecule has 0 aliphatic rings. The number of carbonyl (C=O) groups is 1. The number of rotatable bonds is 2. The van der Waals surface area contributed by atoms with Crippen LogP contribution in [0, 0.1) is 0 Å². The van der Waals surface area contributed by atoms with Crippen molar-refractivity contribution in [1.29, 1.82) is 0 Å². The van der Waals surface area contributed by atoms with E-state index in [0.717, 1.165) is 11.1 Å².